The van der Waals surface area contributed by atoms with E-state index in [0.29, 0.717) is 6.04 Å². The van der Waals surface area contributed by atoms with Crippen molar-refractivity contribution in [2.75, 3.05) is 11.9 Å². The molecule has 1 saturated carbocycles. The molecule has 2 aliphatic rings. The first-order chi connectivity index (χ1) is 9.74. The van der Waals surface area contributed by atoms with Crippen LogP contribution in [0.1, 0.15) is 37.3 Å². The normalized spacial score (nSPS) is 18.9. The molecule has 108 valence electrons. The van der Waals surface area contributed by atoms with Gasteiger partial charge in [0.05, 0.1) is 6.04 Å². The third-order valence-corrected chi connectivity index (χ3v) is 4.08. The lowest BCUT2D eigenvalue weighted by Gasteiger charge is -2.22. The fraction of sp³-hybridized carbons (Fsp3) is 0.562. The maximum atomic E-state index is 11.9. The Morgan fingerprint density at radius 3 is 3.10 bits per heavy atom. The average molecular weight is 273 g/mol. The zero-order chi connectivity index (χ0) is 13.9. The third kappa shape index (κ3) is 3.12. The number of rotatable bonds is 5. The average Bonchev–Trinajstić information content (AvgIpc) is 3.28. The van der Waals surface area contributed by atoms with E-state index >= 15 is 0 Å². The highest BCUT2D eigenvalue weighted by Gasteiger charge is 2.25. The molecule has 0 saturated heterocycles. The van der Waals surface area contributed by atoms with Crippen molar-refractivity contribution in [1.82, 2.24) is 10.6 Å². The highest BCUT2D eigenvalue weighted by Crippen LogP contribution is 2.26. The smallest absolute Gasteiger partial charge is 0.237 e. The summed E-state index contributed by atoms with van der Waals surface area (Å²) < 4.78 is 0. The first kappa shape index (κ1) is 13.4. The Bertz CT molecular complexity index is 496. The van der Waals surface area contributed by atoms with E-state index < -0.39 is 0 Å². The van der Waals surface area contributed by atoms with Gasteiger partial charge in [0.25, 0.3) is 0 Å². The number of para-hydroxylation sites is 1. The SMILES string of the molecule is CC(NCc1cccc2c1NCCC2)C(=O)NC1CC1. The van der Waals surface area contributed by atoms with E-state index in [2.05, 4.69) is 34.1 Å². The van der Waals surface area contributed by atoms with E-state index in [9.17, 15) is 4.79 Å². The van der Waals surface area contributed by atoms with Gasteiger partial charge in [0.15, 0.2) is 0 Å². The summed E-state index contributed by atoms with van der Waals surface area (Å²) in [5, 5.41) is 9.85. The van der Waals surface area contributed by atoms with Crippen LogP contribution in [0.4, 0.5) is 5.69 Å². The number of hydrogen-bond acceptors (Lipinski definition) is 3. The number of benzene rings is 1. The first-order valence-corrected chi connectivity index (χ1v) is 7.62. The van der Waals surface area contributed by atoms with Crippen molar-refractivity contribution in [2.24, 2.45) is 0 Å². The minimum Gasteiger partial charge on any atom is -0.385 e. The number of aryl methyl sites for hydroxylation is 1. The van der Waals surface area contributed by atoms with Gasteiger partial charge in [-0.05, 0) is 43.7 Å². The number of anilines is 1. The lowest BCUT2D eigenvalue weighted by molar-refractivity contribution is -0.122. The second-order valence-corrected chi connectivity index (χ2v) is 5.87. The van der Waals surface area contributed by atoms with Gasteiger partial charge >= 0.3 is 0 Å². The van der Waals surface area contributed by atoms with Crippen molar-refractivity contribution in [3.05, 3.63) is 29.3 Å². The summed E-state index contributed by atoms with van der Waals surface area (Å²) in [6.45, 7) is 3.71. The molecule has 0 aromatic heterocycles. The lowest BCUT2D eigenvalue weighted by atomic mass is 9.99. The van der Waals surface area contributed by atoms with Gasteiger partial charge in [-0.3, -0.25) is 4.79 Å². The van der Waals surface area contributed by atoms with Crippen molar-refractivity contribution < 1.29 is 4.79 Å². The summed E-state index contributed by atoms with van der Waals surface area (Å²) in [5.41, 5.74) is 3.92. The van der Waals surface area contributed by atoms with Crippen molar-refractivity contribution in [1.29, 1.82) is 0 Å². The number of nitrogens with one attached hydrogen (secondary N) is 3. The van der Waals surface area contributed by atoms with Gasteiger partial charge in [-0.1, -0.05) is 18.2 Å². The maximum Gasteiger partial charge on any atom is 0.237 e. The van der Waals surface area contributed by atoms with E-state index in [4.69, 9.17) is 0 Å². The molecule has 1 aromatic rings. The molecule has 4 heteroatoms. The molecular weight excluding hydrogens is 250 g/mol. The van der Waals surface area contributed by atoms with E-state index in [0.717, 1.165) is 32.4 Å². The molecule has 1 atom stereocenters. The van der Waals surface area contributed by atoms with Gasteiger partial charge in [-0.25, -0.2) is 0 Å². The van der Waals surface area contributed by atoms with Crippen LogP contribution < -0.4 is 16.0 Å². The van der Waals surface area contributed by atoms with Crippen LogP contribution in [0.3, 0.4) is 0 Å². The molecule has 1 aliphatic carbocycles. The Morgan fingerprint density at radius 2 is 2.30 bits per heavy atom. The predicted molar refractivity (Wildman–Crippen MR) is 80.7 cm³/mol. The molecule has 3 N–H and O–H groups in total. The summed E-state index contributed by atoms with van der Waals surface area (Å²) in [5.74, 6) is 0.116. The molecule has 1 amide bonds. The zero-order valence-electron chi connectivity index (χ0n) is 12.0. The Balaban J connectivity index is 1.58. The molecular formula is C16H23N3O. The summed E-state index contributed by atoms with van der Waals surface area (Å²) in [7, 11) is 0. The third-order valence-electron chi connectivity index (χ3n) is 4.08. The number of carbonyl (C=O) groups excluding carboxylic acids is 1. The summed E-state index contributed by atoms with van der Waals surface area (Å²) >= 11 is 0. The number of carbonyl (C=O) groups is 1. The highest BCUT2D eigenvalue weighted by molar-refractivity contribution is 5.81. The van der Waals surface area contributed by atoms with Gasteiger partial charge in [0.1, 0.15) is 0 Å². The minimum absolute atomic E-state index is 0.116. The minimum atomic E-state index is -0.143. The molecule has 0 bridgehead atoms. The van der Waals surface area contributed by atoms with Crippen LogP contribution in [0.15, 0.2) is 18.2 Å². The Kier molecular flexibility index (Phi) is 3.92. The van der Waals surface area contributed by atoms with Gasteiger partial charge in [-0.2, -0.15) is 0 Å². The largest absolute Gasteiger partial charge is 0.385 e. The Labute approximate surface area is 120 Å². The molecule has 20 heavy (non-hydrogen) atoms. The number of hydrogen-bond donors (Lipinski definition) is 3. The summed E-state index contributed by atoms with van der Waals surface area (Å²) in [6.07, 6.45) is 4.61. The quantitative estimate of drug-likeness (QED) is 0.767. The molecule has 3 rings (SSSR count). The monoisotopic (exact) mass is 273 g/mol. The van der Waals surface area contributed by atoms with Crippen LogP contribution in [-0.2, 0) is 17.8 Å². The molecule has 1 fully saturated rings. The van der Waals surface area contributed by atoms with Crippen LogP contribution in [0.25, 0.3) is 0 Å². The molecule has 4 nitrogen and oxygen atoms in total. The van der Waals surface area contributed by atoms with E-state index in [1.165, 1.54) is 23.2 Å². The van der Waals surface area contributed by atoms with Gasteiger partial charge < -0.3 is 16.0 Å². The molecule has 1 unspecified atom stereocenters. The second-order valence-electron chi connectivity index (χ2n) is 5.87. The van der Waals surface area contributed by atoms with Gasteiger partial charge in [0, 0.05) is 24.8 Å². The molecule has 0 spiro atoms. The molecule has 1 aromatic carbocycles. The summed E-state index contributed by atoms with van der Waals surface area (Å²) in [4.78, 5) is 11.9. The Morgan fingerprint density at radius 1 is 1.45 bits per heavy atom. The first-order valence-electron chi connectivity index (χ1n) is 7.62. The standard InChI is InChI=1S/C16H23N3O/c1-11(16(20)19-14-7-8-14)18-10-13-5-2-4-12-6-3-9-17-15(12)13/h2,4-5,11,14,17-18H,3,6-10H2,1H3,(H,19,20). The number of fused-ring (bicyclic) bond motifs is 1. The van der Waals surface area contributed by atoms with E-state index in [1.807, 2.05) is 6.92 Å². The summed E-state index contributed by atoms with van der Waals surface area (Å²) in [6, 6.07) is 6.72. The van der Waals surface area contributed by atoms with Gasteiger partial charge in [0.2, 0.25) is 5.91 Å². The number of amides is 1. The lowest BCUT2D eigenvalue weighted by Crippen LogP contribution is -2.42. The van der Waals surface area contributed by atoms with E-state index in [1.54, 1.807) is 0 Å². The van der Waals surface area contributed by atoms with Crippen LogP contribution in [-0.4, -0.2) is 24.5 Å². The van der Waals surface area contributed by atoms with E-state index in [-0.39, 0.29) is 11.9 Å². The fourth-order valence-corrected chi connectivity index (χ4v) is 2.64. The fourth-order valence-electron chi connectivity index (χ4n) is 2.64. The topological polar surface area (TPSA) is 53.2 Å². The molecule has 0 radical (unpaired) electrons. The van der Waals surface area contributed by atoms with Crippen LogP contribution in [0.5, 0.6) is 0 Å². The van der Waals surface area contributed by atoms with Crippen molar-refractivity contribution in [3.63, 3.8) is 0 Å². The highest BCUT2D eigenvalue weighted by atomic mass is 16.2. The van der Waals surface area contributed by atoms with Crippen LogP contribution in [0.2, 0.25) is 0 Å². The van der Waals surface area contributed by atoms with Crippen molar-refractivity contribution in [3.8, 4) is 0 Å². The second kappa shape index (κ2) is 5.83. The zero-order valence-corrected chi connectivity index (χ0v) is 12.0. The van der Waals surface area contributed by atoms with Gasteiger partial charge in [-0.15, -0.1) is 0 Å². The maximum absolute atomic E-state index is 11.9. The van der Waals surface area contributed by atoms with Crippen molar-refractivity contribution in [2.45, 2.75) is 51.2 Å². The van der Waals surface area contributed by atoms with Crippen LogP contribution in [0, 0.1) is 0 Å². The molecule has 1 heterocycles. The predicted octanol–water partition coefficient (Wildman–Crippen LogP) is 1.80. The molecule has 1 aliphatic heterocycles. The van der Waals surface area contributed by atoms with Crippen molar-refractivity contribution >= 4 is 11.6 Å². The van der Waals surface area contributed by atoms with Crippen LogP contribution >= 0.6 is 0 Å². The Hall–Kier alpha value is -1.55.